The first-order chi connectivity index (χ1) is 12.4. The Morgan fingerprint density at radius 1 is 1.31 bits per heavy atom. The van der Waals surface area contributed by atoms with Gasteiger partial charge < -0.3 is 10.1 Å². The molecule has 3 rings (SSSR count). The highest BCUT2D eigenvalue weighted by atomic mass is 35.5. The van der Waals surface area contributed by atoms with Crippen molar-refractivity contribution in [1.29, 1.82) is 0 Å². The molecule has 0 saturated carbocycles. The predicted molar refractivity (Wildman–Crippen MR) is 98.9 cm³/mol. The van der Waals surface area contributed by atoms with Gasteiger partial charge in [-0.25, -0.2) is 17.9 Å². The summed E-state index contributed by atoms with van der Waals surface area (Å²) < 4.78 is 32.5. The Bertz CT molecular complexity index is 931. The van der Waals surface area contributed by atoms with E-state index in [-0.39, 0.29) is 28.1 Å². The van der Waals surface area contributed by atoms with Crippen molar-refractivity contribution in [1.82, 2.24) is 10.0 Å². The summed E-state index contributed by atoms with van der Waals surface area (Å²) in [5.74, 6) is -0.646. The Labute approximate surface area is 157 Å². The molecule has 8 heteroatoms. The lowest BCUT2D eigenvalue weighted by Gasteiger charge is -2.27. The molecule has 0 radical (unpaired) electrons. The van der Waals surface area contributed by atoms with Crippen LogP contribution >= 0.6 is 11.6 Å². The molecule has 0 spiro atoms. The van der Waals surface area contributed by atoms with Crippen molar-refractivity contribution >= 4 is 27.6 Å². The van der Waals surface area contributed by atoms with Gasteiger partial charge in [0.1, 0.15) is 0 Å². The summed E-state index contributed by atoms with van der Waals surface area (Å²) in [4.78, 5) is 11.6. The van der Waals surface area contributed by atoms with Gasteiger partial charge in [0.25, 0.3) is 0 Å². The number of hydrogen-bond acceptors (Lipinski definition) is 5. The van der Waals surface area contributed by atoms with Gasteiger partial charge in [0.05, 0.1) is 17.6 Å². The maximum absolute atomic E-state index is 12.7. The fourth-order valence-electron chi connectivity index (χ4n) is 3.00. The zero-order chi connectivity index (χ0) is 18.7. The second-order valence-electron chi connectivity index (χ2n) is 5.97. The molecule has 26 heavy (non-hydrogen) atoms. The normalized spacial score (nSPS) is 16.8. The van der Waals surface area contributed by atoms with Crippen molar-refractivity contribution in [2.24, 2.45) is 0 Å². The third kappa shape index (κ3) is 4.07. The number of fused-ring (bicyclic) bond motifs is 1. The van der Waals surface area contributed by atoms with Crippen LogP contribution in [0.15, 0.2) is 47.4 Å². The summed E-state index contributed by atoms with van der Waals surface area (Å²) in [5.41, 5.74) is 2.38. The molecule has 2 N–H and O–H groups in total. The van der Waals surface area contributed by atoms with E-state index in [1.54, 1.807) is 0 Å². The largest absolute Gasteiger partial charge is 0.465 e. The molecule has 1 heterocycles. The van der Waals surface area contributed by atoms with Crippen LogP contribution in [0.4, 0.5) is 0 Å². The fourth-order valence-corrected chi connectivity index (χ4v) is 4.42. The van der Waals surface area contributed by atoms with Gasteiger partial charge in [-0.2, -0.15) is 0 Å². The van der Waals surface area contributed by atoms with Crippen LogP contribution < -0.4 is 10.0 Å². The van der Waals surface area contributed by atoms with Gasteiger partial charge in [0.2, 0.25) is 10.0 Å². The Balaban J connectivity index is 1.80. The summed E-state index contributed by atoms with van der Waals surface area (Å²) in [6, 6.07) is 11.8. The van der Waals surface area contributed by atoms with E-state index in [2.05, 4.69) is 20.8 Å². The van der Waals surface area contributed by atoms with E-state index in [0.717, 1.165) is 18.5 Å². The third-order valence-electron chi connectivity index (χ3n) is 4.30. The Hall–Kier alpha value is -1.93. The lowest BCUT2D eigenvalue weighted by Crippen LogP contribution is -2.38. The first-order valence-electron chi connectivity index (χ1n) is 8.10. The van der Waals surface area contributed by atoms with Crippen LogP contribution in [0.5, 0.6) is 0 Å². The van der Waals surface area contributed by atoms with Gasteiger partial charge in [-0.15, -0.1) is 0 Å². The van der Waals surface area contributed by atoms with Gasteiger partial charge in [-0.1, -0.05) is 35.9 Å². The first-order valence-corrected chi connectivity index (χ1v) is 9.96. The molecule has 6 nitrogen and oxygen atoms in total. The van der Waals surface area contributed by atoms with Crippen LogP contribution in [0.25, 0.3) is 0 Å². The van der Waals surface area contributed by atoms with E-state index in [1.165, 1.54) is 30.9 Å². The smallest absolute Gasteiger partial charge is 0.337 e. The standard InChI is InChI=1S/C18H19ClN2O4S/c1-25-18(22)13-8-14(19)10-15(9-13)26(23,24)21-11-17-16-5-3-2-4-12(16)6-7-20-17/h2-5,8-10,17,20-21H,6-7,11H2,1H3. The van der Waals surface area contributed by atoms with Crippen LogP contribution in [0.3, 0.4) is 0 Å². The van der Waals surface area contributed by atoms with E-state index in [1.807, 2.05) is 18.2 Å². The SMILES string of the molecule is COC(=O)c1cc(Cl)cc(S(=O)(=O)NCC2NCCc3ccccc32)c1. The van der Waals surface area contributed by atoms with Crippen molar-refractivity contribution < 1.29 is 17.9 Å². The minimum atomic E-state index is -3.83. The van der Waals surface area contributed by atoms with E-state index in [4.69, 9.17) is 11.6 Å². The van der Waals surface area contributed by atoms with Crippen LogP contribution in [0.2, 0.25) is 5.02 Å². The molecule has 0 amide bonds. The lowest BCUT2D eigenvalue weighted by molar-refractivity contribution is 0.0600. The average molecular weight is 395 g/mol. The molecule has 1 aliphatic rings. The fraction of sp³-hybridized carbons (Fsp3) is 0.278. The molecule has 1 aliphatic heterocycles. The van der Waals surface area contributed by atoms with E-state index in [0.29, 0.717) is 0 Å². The van der Waals surface area contributed by atoms with Crippen molar-refractivity contribution in [3.05, 3.63) is 64.2 Å². The van der Waals surface area contributed by atoms with Crippen LogP contribution in [0, 0.1) is 0 Å². The Morgan fingerprint density at radius 2 is 2.08 bits per heavy atom. The molecule has 138 valence electrons. The highest BCUT2D eigenvalue weighted by Crippen LogP contribution is 2.23. The summed E-state index contributed by atoms with van der Waals surface area (Å²) in [6.07, 6.45) is 0.913. The highest BCUT2D eigenvalue weighted by molar-refractivity contribution is 7.89. The number of sulfonamides is 1. The van der Waals surface area contributed by atoms with Crippen LogP contribution in [-0.4, -0.2) is 34.6 Å². The summed E-state index contributed by atoms with van der Waals surface area (Å²) in [7, 11) is -2.61. The maximum Gasteiger partial charge on any atom is 0.337 e. The third-order valence-corrected chi connectivity index (χ3v) is 5.92. The zero-order valence-electron chi connectivity index (χ0n) is 14.2. The number of esters is 1. The minimum Gasteiger partial charge on any atom is -0.465 e. The number of halogens is 1. The number of nitrogens with one attached hydrogen (secondary N) is 2. The highest BCUT2D eigenvalue weighted by Gasteiger charge is 2.23. The number of benzene rings is 2. The van der Waals surface area contributed by atoms with Gasteiger partial charge >= 0.3 is 5.97 Å². The number of rotatable bonds is 5. The number of carbonyl (C=O) groups excluding carboxylic acids is 1. The first kappa shape index (κ1) is 18.8. The number of ether oxygens (including phenoxy) is 1. The van der Waals surface area contributed by atoms with Crippen molar-refractivity contribution in [2.75, 3.05) is 20.2 Å². The predicted octanol–water partition coefficient (Wildman–Crippen LogP) is 2.29. The average Bonchev–Trinajstić information content (AvgIpc) is 2.65. The molecule has 0 fully saturated rings. The van der Waals surface area contributed by atoms with Gasteiger partial charge in [-0.3, -0.25) is 0 Å². The number of methoxy groups -OCH3 is 1. The molecule has 2 aromatic rings. The van der Waals surface area contributed by atoms with Crippen molar-refractivity contribution in [3.8, 4) is 0 Å². The summed E-state index contributed by atoms with van der Waals surface area (Å²) in [6.45, 7) is 0.979. The quantitative estimate of drug-likeness (QED) is 0.760. The van der Waals surface area contributed by atoms with Crippen LogP contribution in [0.1, 0.15) is 27.5 Å². The molecular weight excluding hydrogens is 376 g/mol. The molecule has 0 aromatic heterocycles. The van der Waals surface area contributed by atoms with Crippen LogP contribution in [-0.2, 0) is 21.2 Å². The second-order valence-corrected chi connectivity index (χ2v) is 8.18. The Kier molecular flexibility index (Phi) is 5.62. The number of hydrogen-bond donors (Lipinski definition) is 2. The molecule has 0 saturated heterocycles. The van der Waals surface area contributed by atoms with E-state index < -0.39 is 16.0 Å². The molecule has 1 unspecified atom stereocenters. The van der Waals surface area contributed by atoms with Crippen molar-refractivity contribution in [2.45, 2.75) is 17.4 Å². The van der Waals surface area contributed by atoms with Gasteiger partial charge in [0, 0.05) is 17.6 Å². The second kappa shape index (κ2) is 7.75. The zero-order valence-corrected chi connectivity index (χ0v) is 15.7. The maximum atomic E-state index is 12.7. The Morgan fingerprint density at radius 3 is 2.85 bits per heavy atom. The molecule has 2 aromatic carbocycles. The van der Waals surface area contributed by atoms with E-state index >= 15 is 0 Å². The van der Waals surface area contributed by atoms with Crippen molar-refractivity contribution in [3.63, 3.8) is 0 Å². The molecule has 0 bridgehead atoms. The topological polar surface area (TPSA) is 84.5 Å². The lowest BCUT2D eigenvalue weighted by atomic mass is 9.95. The molecule has 0 aliphatic carbocycles. The number of carbonyl (C=O) groups is 1. The monoisotopic (exact) mass is 394 g/mol. The molecular formula is C18H19ClN2O4S. The molecule has 1 atom stereocenters. The van der Waals surface area contributed by atoms with E-state index in [9.17, 15) is 13.2 Å². The van der Waals surface area contributed by atoms with Gasteiger partial charge in [0.15, 0.2) is 0 Å². The summed E-state index contributed by atoms with van der Waals surface area (Å²) >= 11 is 5.96. The minimum absolute atomic E-state index is 0.0745. The van der Waals surface area contributed by atoms with Gasteiger partial charge in [-0.05, 0) is 42.3 Å². The summed E-state index contributed by atoms with van der Waals surface area (Å²) in [5, 5.41) is 3.47.